The molecular formula is C26H30N2O5. The van der Waals surface area contributed by atoms with Crippen LogP contribution in [0.1, 0.15) is 56.6 Å². The molecule has 1 atom stereocenters. The summed E-state index contributed by atoms with van der Waals surface area (Å²) in [5.74, 6) is -1.62. The van der Waals surface area contributed by atoms with Crippen LogP contribution in [0.3, 0.4) is 0 Å². The number of hydrogen-bond acceptors (Lipinski definition) is 4. The normalized spacial score (nSPS) is 20.5. The van der Waals surface area contributed by atoms with Gasteiger partial charge in [0.1, 0.15) is 12.1 Å². The van der Waals surface area contributed by atoms with Crippen molar-refractivity contribution in [1.82, 2.24) is 10.6 Å². The number of ether oxygens (including phenoxy) is 1. The van der Waals surface area contributed by atoms with Crippen LogP contribution in [0.15, 0.2) is 48.5 Å². The van der Waals surface area contributed by atoms with E-state index in [0.29, 0.717) is 25.7 Å². The van der Waals surface area contributed by atoms with Crippen LogP contribution < -0.4 is 10.6 Å². The predicted molar refractivity (Wildman–Crippen MR) is 124 cm³/mol. The summed E-state index contributed by atoms with van der Waals surface area (Å²) in [4.78, 5) is 36.7. The molecule has 0 saturated heterocycles. The molecule has 7 heteroatoms. The van der Waals surface area contributed by atoms with Gasteiger partial charge in [0, 0.05) is 12.0 Å². The molecule has 2 aromatic carbocycles. The number of carboxylic acids is 1. The molecule has 0 heterocycles. The molecule has 0 bridgehead atoms. The van der Waals surface area contributed by atoms with Crippen molar-refractivity contribution in [3.05, 3.63) is 59.7 Å². The number of carbonyl (C=O) groups is 3. The Morgan fingerprint density at radius 1 is 1.03 bits per heavy atom. The first kappa shape index (κ1) is 22.8. The summed E-state index contributed by atoms with van der Waals surface area (Å²) in [5.41, 5.74) is 3.41. The van der Waals surface area contributed by atoms with Gasteiger partial charge in [-0.25, -0.2) is 4.79 Å². The molecule has 0 aliphatic heterocycles. The summed E-state index contributed by atoms with van der Waals surface area (Å²) in [6, 6.07) is 16.0. The Hall–Kier alpha value is -3.35. The van der Waals surface area contributed by atoms with Gasteiger partial charge in [-0.1, -0.05) is 61.9 Å². The van der Waals surface area contributed by atoms with E-state index < -0.39 is 23.5 Å². The van der Waals surface area contributed by atoms with Crippen LogP contribution in [0.25, 0.3) is 11.1 Å². The molecule has 2 aromatic rings. The molecular weight excluding hydrogens is 420 g/mol. The number of fused-ring (bicyclic) bond motifs is 3. The Kier molecular flexibility index (Phi) is 6.40. The van der Waals surface area contributed by atoms with Crippen molar-refractivity contribution >= 4 is 18.0 Å². The van der Waals surface area contributed by atoms with Gasteiger partial charge >= 0.3 is 12.1 Å². The minimum absolute atomic E-state index is 0.0580. The lowest BCUT2D eigenvalue weighted by Gasteiger charge is -2.37. The van der Waals surface area contributed by atoms with E-state index in [1.807, 2.05) is 31.2 Å². The molecule has 0 aromatic heterocycles. The maximum atomic E-state index is 12.9. The molecule has 2 aliphatic carbocycles. The highest BCUT2D eigenvalue weighted by Gasteiger charge is 2.40. The predicted octanol–water partition coefficient (Wildman–Crippen LogP) is 4.06. The van der Waals surface area contributed by atoms with Crippen molar-refractivity contribution < 1.29 is 24.2 Å². The third-order valence-corrected chi connectivity index (χ3v) is 6.80. The number of alkyl carbamates (subject to hydrolysis) is 1. The summed E-state index contributed by atoms with van der Waals surface area (Å²) in [5, 5.41) is 14.7. The second kappa shape index (κ2) is 9.25. The van der Waals surface area contributed by atoms with Gasteiger partial charge in [0.2, 0.25) is 5.91 Å². The number of aliphatic carboxylic acids is 1. The molecule has 174 valence electrons. The molecule has 2 amide bonds. The van der Waals surface area contributed by atoms with Crippen molar-refractivity contribution in [2.75, 3.05) is 6.61 Å². The lowest BCUT2D eigenvalue weighted by Crippen LogP contribution is -2.60. The number of carbonyl (C=O) groups excluding carboxylic acids is 2. The molecule has 3 N–H and O–H groups in total. The largest absolute Gasteiger partial charge is 0.481 e. The second-order valence-corrected chi connectivity index (χ2v) is 9.21. The minimum atomic E-state index is -1.13. The van der Waals surface area contributed by atoms with Crippen molar-refractivity contribution in [3.8, 4) is 11.1 Å². The number of nitrogens with one attached hydrogen (secondary N) is 2. The Morgan fingerprint density at radius 3 is 2.15 bits per heavy atom. The van der Waals surface area contributed by atoms with E-state index in [1.54, 1.807) is 6.92 Å². The summed E-state index contributed by atoms with van der Waals surface area (Å²) < 4.78 is 5.62. The van der Waals surface area contributed by atoms with Gasteiger partial charge in [-0.3, -0.25) is 9.59 Å². The van der Waals surface area contributed by atoms with Gasteiger partial charge in [0.25, 0.3) is 0 Å². The highest BCUT2D eigenvalue weighted by Crippen LogP contribution is 2.44. The van der Waals surface area contributed by atoms with Crippen LogP contribution in [0.4, 0.5) is 4.79 Å². The zero-order chi connectivity index (χ0) is 23.6. The molecule has 1 unspecified atom stereocenters. The van der Waals surface area contributed by atoms with Crippen molar-refractivity contribution in [3.63, 3.8) is 0 Å². The van der Waals surface area contributed by atoms with Crippen LogP contribution in [0.5, 0.6) is 0 Å². The van der Waals surface area contributed by atoms with Crippen molar-refractivity contribution in [1.29, 1.82) is 0 Å². The zero-order valence-electron chi connectivity index (χ0n) is 19.0. The zero-order valence-corrected chi connectivity index (χ0v) is 19.0. The molecule has 4 rings (SSSR count). The standard InChI is InChI=1S/C26H30N2O5/c1-3-12-26(2,24(31)27-17-13-16(14-17)23(29)30)28-25(32)33-15-22-20-10-6-4-8-18(20)19-9-5-7-11-21(19)22/h4-11,16-17,22H,3,12-15H2,1-2H3,(H,27,31)(H,28,32)(H,29,30). The maximum Gasteiger partial charge on any atom is 0.408 e. The van der Waals surface area contributed by atoms with Gasteiger partial charge in [0.05, 0.1) is 5.92 Å². The molecule has 0 radical (unpaired) electrons. The van der Waals surface area contributed by atoms with Crippen LogP contribution >= 0.6 is 0 Å². The SMILES string of the molecule is CCCC(C)(NC(=O)OCC1c2ccccc2-c2ccccc21)C(=O)NC1CC(C(=O)O)C1. The summed E-state index contributed by atoms with van der Waals surface area (Å²) in [6.45, 7) is 3.79. The summed E-state index contributed by atoms with van der Waals surface area (Å²) >= 11 is 0. The van der Waals surface area contributed by atoms with Crippen LogP contribution in [-0.2, 0) is 14.3 Å². The van der Waals surface area contributed by atoms with E-state index >= 15 is 0 Å². The van der Waals surface area contributed by atoms with Gasteiger partial charge in [-0.15, -0.1) is 0 Å². The van der Waals surface area contributed by atoms with E-state index in [2.05, 4.69) is 34.9 Å². The molecule has 1 fully saturated rings. The van der Waals surface area contributed by atoms with E-state index in [-0.39, 0.29) is 24.5 Å². The van der Waals surface area contributed by atoms with E-state index in [4.69, 9.17) is 9.84 Å². The average Bonchev–Trinajstić information content (AvgIpc) is 3.08. The molecule has 7 nitrogen and oxygen atoms in total. The minimum Gasteiger partial charge on any atom is -0.481 e. The van der Waals surface area contributed by atoms with Crippen molar-refractivity contribution in [2.45, 2.75) is 57.0 Å². The fourth-order valence-corrected chi connectivity index (χ4v) is 4.87. The lowest BCUT2D eigenvalue weighted by atomic mass is 9.79. The summed E-state index contributed by atoms with van der Waals surface area (Å²) in [6.07, 6.45) is 1.32. The van der Waals surface area contributed by atoms with E-state index in [1.165, 1.54) is 0 Å². The number of rotatable bonds is 8. The fraction of sp³-hybridized carbons (Fsp3) is 0.423. The van der Waals surface area contributed by atoms with E-state index in [9.17, 15) is 14.4 Å². The highest BCUT2D eigenvalue weighted by molar-refractivity contribution is 5.90. The number of benzene rings is 2. The van der Waals surface area contributed by atoms with Crippen LogP contribution in [0.2, 0.25) is 0 Å². The highest BCUT2D eigenvalue weighted by atomic mass is 16.5. The first-order valence-electron chi connectivity index (χ1n) is 11.5. The molecule has 1 saturated carbocycles. The topological polar surface area (TPSA) is 105 Å². The Labute approximate surface area is 193 Å². The molecule has 2 aliphatic rings. The second-order valence-electron chi connectivity index (χ2n) is 9.21. The first-order chi connectivity index (χ1) is 15.8. The fourth-order valence-electron chi connectivity index (χ4n) is 4.87. The Balaban J connectivity index is 1.39. The number of hydrogen-bond donors (Lipinski definition) is 3. The van der Waals surface area contributed by atoms with Crippen LogP contribution in [0, 0.1) is 5.92 Å². The monoisotopic (exact) mass is 450 g/mol. The number of amides is 2. The Morgan fingerprint density at radius 2 is 1.61 bits per heavy atom. The van der Waals surface area contributed by atoms with E-state index in [0.717, 1.165) is 22.3 Å². The maximum absolute atomic E-state index is 12.9. The smallest absolute Gasteiger partial charge is 0.408 e. The van der Waals surface area contributed by atoms with Gasteiger partial charge in [0.15, 0.2) is 0 Å². The number of carboxylic acid groups (broad SMARTS) is 1. The van der Waals surface area contributed by atoms with Gasteiger partial charge in [-0.2, -0.15) is 0 Å². The molecule has 33 heavy (non-hydrogen) atoms. The van der Waals surface area contributed by atoms with Gasteiger partial charge in [-0.05, 0) is 48.4 Å². The third kappa shape index (κ3) is 4.58. The first-order valence-corrected chi connectivity index (χ1v) is 11.5. The van der Waals surface area contributed by atoms with Gasteiger partial charge < -0.3 is 20.5 Å². The lowest BCUT2D eigenvalue weighted by molar-refractivity contribution is -0.146. The van der Waals surface area contributed by atoms with Crippen LogP contribution in [-0.4, -0.2) is 41.3 Å². The van der Waals surface area contributed by atoms with Crippen molar-refractivity contribution in [2.24, 2.45) is 5.92 Å². The third-order valence-electron chi connectivity index (χ3n) is 6.80. The average molecular weight is 451 g/mol. The molecule has 0 spiro atoms. The Bertz CT molecular complexity index is 1020. The quantitative estimate of drug-likeness (QED) is 0.563. The summed E-state index contributed by atoms with van der Waals surface area (Å²) in [7, 11) is 0.